The number of thioether (sulfide) groups is 1. The Kier molecular flexibility index (Phi) is 7.01. The molecule has 0 spiro atoms. The summed E-state index contributed by atoms with van der Waals surface area (Å²) in [5.74, 6) is 0.925. The van der Waals surface area contributed by atoms with Crippen LogP contribution in [0.4, 0.5) is 4.79 Å². The molecular formula is C12H22N2O4S. The Morgan fingerprint density at radius 3 is 2.95 bits per heavy atom. The zero-order valence-corrected chi connectivity index (χ0v) is 12.2. The van der Waals surface area contributed by atoms with Gasteiger partial charge in [-0.15, -0.1) is 0 Å². The van der Waals surface area contributed by atoms with Gasteiger partial charge in [0.25, 0.3) is 0 Å². The lowest BCUT2D eigenvalue weighted by atomic mass is 10.2. The summed E-state index contributed by atoms with van der Waals surface area (Å²) in [7, 11) is 1.63. The number of methoxy groups -OCH3 is 1. The van der Waals surface area contributed by atoms with Gasteiger partial charge in [-0.1, -0.05) is 6.92 Å². The number of hydrogen-bond acceptors (Lipinski definition) is 4. The molecule has 2 N–H and O–H groups in total. The molecule has 1 rings (SSSR count). The van der Waals surface area contributed by atoms with Crippen LogP contribution in [0.2, 0.25) is 0 Å². The minimum atomic E-state index is -0.863. The van der Waals surface area contributed by atoms with Crippen LogP contribution < -0.4 is 5.32 Å². The SMILES string of the molecule is COCC(C)CNC(=O)N1CCSCC1CC(=O)O. The minimum absolute atomic E-state index is 0.00798. The summed E-state index contributed by atoms with van der Waals surface area (Å²) in [6.07, 6.45) is 0.00798. The van der Waals surface area contributed by atoms with Crippen molar-refractivity contribution in [2.75, 3.05) is 38.3 Å². The van der Waals surface area contributed by atoms with Gasteiger partial charge in [-0.05, 0) is 5.92 Å². The van der Waals surface area contributed by atoms with Gasteiger partial charge in [0.05, 0.1) is 19.1 Å². The fourth-order valence-corrected chi connectivity index (χ4v) is 3.06. The predicted octanol–water partition coefficient (Wildman–Crippen LogP) is 0.871. The molecule has 7 heteroatoms. The molecule has 1 saturated heterocycles. The van der Waals surface area contributed by atoms with E-state index in [1.807, 2.05) is 6.92 Å². The molecule has 0 radical (unpaired) electrons. The Labute approximate surface area is 117 Å². The molecule has 1 aliphatic rings. The molecule has 0 aromatic heterocycles. The second-order valence-corrected chi connectivity index (χ2v) is 5.92. The van der Waals surface area contributed by atoms with Crippen LogP contribution in [0.1, 0.15) is 13.3 Å². The first-order chi connectivity index (χ1) is 9.04. The summed E-state index contributed by atoms with van der Waals surface area (Å²) in [6, 6.07) is -0.386. The van der Waals surface area contributed by atoms with Gasteiger partial charge in [0.15, 0.2) is 0 Å². The maximum Gasteiger partial charge on any atom is 0.317 e. The van der Waals surface area contributed by atoms with E-state index in [0.717, 1.165) is 5.75 Å². The number of hydrogen-bond donors (Lipinski definition) is 2. The van der Waals surface area contributed by atoms with Gasteiger partial charge in [-0.25, -0.2) is 4.79 Å². The number of nitrogens with one attached hydrogen (secondary N) is 1. The summed E-state index contributed by atoms with van der Waals surface area (Å²) in [5.41, 5.74) is 0. The minimum Gasteiger partial charge on any atom is -0.481 e. The monoisotopic (exact) mass is 290 g/mol. The van der Waals surface area contributed by atoms with Crippen molar-refractivity contribution in [3.63, 3.8) is 0 Å². The van der Waals surface area contributed by atoms with E-state index in [1.54, 1.807) is 23.8 Å². The average Bonchev–Trinajstić information content (AvgIpc) is 2.36. The van der Waals surface area contributed by atoms with Gasteiger partial charge in [-0.3, -0.25) is 4.79 Å². The summed E-state index contributed by atoms with van der Waals surface area (Å²) in [5, 5.41) is 11.7. The van der Waals surface area contributed by atoms with Crippen molar-refractivity contribution >= 4 is 23.8 Å². The van der Waals surface area contributed by atoms with Gasteiger partial charge >= 0.3 is 12.0 Å². The third kappa shape index (κ3) is 5.69. The van der Waals surface area contributed by atoms with Crippen molar-refractivity contribution in [1.82, 2.24) is 10.2 Å². The number of amides is 2. The highest BCUT2D eigenvalue weighted by atomic mass is 32.2. The Bertz CT molecular complexity index is 314. The number of carbonyl (C=O) groups is 2. The highest BCUT2D eigenvalue weighted by Gasteiger charge is 2.28. The van der Waals surface area contributed by atoms with Gasteiger partial charge < -0.3 is 20.1 Å². The normalized spacial score (nSPS) is 20.9. The molecule has 19 heavy (non-hydrogen) atoms. The van der Waals surface area contributed by atoms with Crippen molar-refractivity contribution in [3.8, 4) is 0 Å². The smallest absolute Gasteiger partial charge is 0.317 e. The standard InChI is InChI=1S/C12H22N2O4S/c1-9(7-18-2)6-13-12(17)14-3-4-19-8-10(14)5-11(15)16/h9-10H,3-8H2,1-2H3,(H,13,17)(H,15,16). The third-order valence-electron chi connectivity index (χ3n) is 2.95. The molecule has 1 heterocycles. The van der Waals surface area contributed by atoms with Crippen LogP contribution in [-0.2, 0) is 9.53 Å². The zero-order valence-electron chi connectivity index (χ0n) is 11.4. The fourth-order valence-electron chi connectivity index (χ4n) is 2.00. The Balaban J connectivity index is 2.45. The molecule has 0 aromatic carbocycles. The van der Waals surface area contributed by atoms with Gasteiger partial charge in [0, 0.05) is 31.7 Å². The van der Waals surface area contributed by atoms with Crippen molar-refractivity contribution in [1.29, 1.82) is 0 Å². The van der Waals surface area contributed by atoms with E-state index >= 15 is 0 Å². The Morgan fingerprint density at radius 2 is 2.32 bits per heavy atom. The lowest BCUT2D eigenvalue weighted by Gasteiger charge is -2.34. The average molecular weight is 290 g/mol. The number of carbonyl (C=O) groups excluding carboxylic acids is 1. The molecule has 110 valence electrons. The predicted molar refractivity (Wildman–Crippen MR) is 74.5 cm³/mol. The molecule has 2 atom stereocenters. The number of carboxylic acids is 1. The quantitative estimate of drug-likeness (QED) is 0.759. The van der Waals surface area contributed by atoms with E-state index in [-0.39, 0.29) is 24.4 Å². The molecule has 1 fully saturated rings. The largest absolute Gasteiger partial charge is 0.481 e. The van der Waals surface area contributed by atoms with Crippen molar-refractivity contribution in [2.24, 2.45) is 5.92 Å². The Morgan fingerprint density at radius 1 is 1.58 bits per heavy atom. The van der Waals surface area contributed by atoms with Crippen LogP contribution in [0, 0.1) is 5.92 Å². The number of aliphatic carboxylic acids is 1. The second kappa shape index (κ2) is 8.27. The van der Waals surface area contributed by atoms with E-state index in [4.69, 9.17) is 9.84 Å². The van der Waals surface area contributed by atoms with Crippen LogP contribution in [0.25, 0.3) is 0 Å². The van der Waals surface area contributed by atoms with Crippen LogP contribution >= 0.6 is 11.8 Å². The summed E-state index contributed by atoms with van der Waals surface area (Å²) >= 11 is 1.69. The number of rotatable bonds is 6. The van der Waals surface area contributed by atoms with Crippen LogP contribution in [-0.4, -0.2) is 66.4 Å². The second-order valence-electron chi connectivity index (χ2n) is 4.77. The summed E-state index contributed by atoms with van der Waals surface area (Å²) in [4.78, 5) is 24.5. The van der Waals surface area contributed by atoms with E-state index in [1.165, 1.54) is 0 Å². The first kappa shape index (κ1) is 16.1. The van der Waals surface area contributed by atoms with Crippen molar-refractivity contribution < 1.29 is 19.4 Å². The zero-order chi connectivity index (χ0) is 14.3. The number of carboxylic acid groups (broad SMARTS) is 1. The third-order valence-corrected chi connectivity index (χ3v) is 4.04. The number of urea groups is 1. The van der Waals surface area contributed by atoms with Gasteiger partial charge in [0.1, 0.15) is 0 Å². The molecule has 0 saturated carbocycles. The van der Waals surface area contributed by atoms with Gasteiger partial charge in [0.2, 0.25) is 0 Å². The molecule has 1 aliphatic heterocycles. The molecular weight excluding hydrogens is 268 g/mol. The van der Waals surface area contributed by atoms with Crippen LogP contribution in [0.5, 0.6) is 0 Å². The fraction of sp³-hybridized carbons (Fsp3) is 0.833. The molecule has 0 aliphatic carbocycles. The van der Waals surface area contributed by atoms with Crippen molar-refractivity contribution in [2.45, 2.75) is 19.4 Å². The number of ether oxygens (including phenoxy) is 1. The highest BCUT2D eigenvalue weighted by molar-refractivity contribution is 7.99. The maximum absolute atomic E-state index is 12.1. The molecule has 0 bridgehead atoms. The Hall–Kier alpha value is -0.950. The summed E-state index contributed by atoms with van der Waals surface area (Å²) in [6.45, 7) is 3.72. The van der Waals surface area contributed by atoms with E-state index in [0.29, 0.717) is 25.4 Å². The lowest BCUT2D eigenvalue weighted by Crippen LogP contribution is -2.52. The van der Waals surface area contributed by atoms with E-state index in [2.05, 4.69) is 5.32 Å². The van der Waals surface area contributed by atoms with E-state index in [9.17, 15) is 9.59 Å². The molecule has 2 unspecified atom stereocenters. The first-order valence-electron chi connectivity index (χ1n) is 6.37. The topological polar surface area (TPSA) is 78.9 Å². The first-order valence-corrected chi connectivity index (χ1v) is 7.53. The molecule has 2 amide bonds. The van der Waals surface area contributed by atoms with E-state index < -0.39 is 5.97 Å². The lowest BCUT2D eigenvalue weighted by molar-refractivity contribution is -0.137. The number of nitrogens with zero attached hydrogens (tertiary/aromatic N) is 1. The van der Waals surface area contributed by atoms with Crippen LogP contribution in [0.3, 0.4) is 0 Å². The van der Waals surface area contributed by atoms with Crippen molar-refractivity contribution in [3.05, 3.63) is 0 Å². The molecule has 6 nitrogen and oxygen atoms in total. The highest BCUT2D eigenvalue weighted by Crippen LogP contribution is 2.19. The summed E-state index contributed by atoms with van der Waals surface area (Å²) < 4.78 is 5.01. The van der Waals surface area contributed by atoms with Gasteiger partial charge in [-0.2, -0.15) is 11.8 Å². The maximum atomic E-state index is 12.1. The molecule has 0 aromatic rings. The van der Waals surface area contributed by atoms with Crippen LogP contribution in [0.15, 0.2) is 0 Å².